The van der Waals surface area contributed by atoms with E-state index in [0.29, 0.717) is 0 Å². The number of halogens is 2. The molecule has 1 aliphatic heterocycles. The normalized spacial score (nSPS) is 13.8. The number of benzene rings is 2. The molecule has 0 aliphatic carbocycles. The first kappa shape index (κ1) is 24.8. The standard InChI is InChI=1S/C11H14INO.C7H7I.C4H11N/c12-11-3-1-10(2-4-11)9-13-5-7-14-8-6-13;1-6-2-4-7(8)5-3-6;1-3-5-4-2/h1-4H,5-9H2;2-5H,1H3;5H,3-4H2,1-2H3. The fourth-order valence-electron chi connectivity index (χ4n) is 2.39. The monoisotopic (exact) mass is 594 g/mol. The molecule has 1 heterocycles. The van der Waals surface area contributed by atoms with Crippen LogP contribution < -0.4 is 5.32 Å². The van der Waals surface area contributed by atoms with Gasteiger partial charge in [-0.25, -0.2) is 0 Å². The summed E-state index contributed by atoms with van der Waals surface area (Å²) in [5.41, 5.74) is 2.72. The fourth-order valence-corrected chi connectivity index (χ4v) is 3.11. The number of rotatable bonds is 4. The first-order chi connectivity index (χ1) is 13.0. The third-order valence-electron chi connectivity index (χ3n) is 3.93. The van der Waals surface area contributed by atoms with Gasteiger partial charge in [-0.05, 0) is 95.0 Å². The smallest absolute Gasteiger partial charge is 0.0594 e. The molecule has 0 bridgehead atoms. The minimum absolute atomic E-state index is 0.879. The Hall–Kier alpha value is -0.220. The van der Waals surface area contributed by atoms with Crippen LogP contribution in [0.15, 0.2) is 48.5 Å². The summed E-state index contributed by atoms with van der Waals surface area (Å²) in [5, 5.41) is 3.11. The Morgan fingerprint density at radius 1 is 0.852 bits per heavy atom. The molecule has 1 saturated heterocycles. The van der Waals surface area contributed by atoms with Crippen LogP contribution in [0.3, 0.4) is 0 Å². The number of nitrogens with zero attached hydrogens (tertiary/aromatic N) is 1. The molecule has 1 N–H and O–H groups in total. The Kier molecular flexibility index (Phi) is 14.4. The lowest BCUT2D eigenvalue weighted by Gasteiger charge is -2.26. The van der Waals surface area contributed by atoms with Crippen LogP contribution in [0, 0.1) is 14.1 Å². The predicted molar refractivity (Wildman–Crippen MR) is 133 cm³/mol. The highest BCUT2D eigenvalue weighted by Crippen LogP contribution is 2.10. The van der Waals surface area contributed by atoms with Gasteiger partial charge in [0.1, 0.15) is 0 Å². The number of hydrogen-bond donors (Lipinski definition) is 1. The number of ether oxygens (including phenoxy) is 1. The summed E-state index contributed by atoms with van der Waals surface area (Å²) in [5.74, 6) is 0. The van der Waals surface area contributed by atoms with Crippen molar-refractivity contribution in [1.82, 2.24) is 10.2 Å². The average molecular weight is 594 g/mol. The molecule has 3 nitrogen and oxygen atoms in total. The van der Waals surface area contributed by atoms with Crippen LogP contribution in [0.4, 0.5) is 0 Å². The van der Waals surface area contributed by atoms with Crippen molar-refractivity contribution >= 4 is 45.2 Å². The minimum atomic E-state index is 0.879. The molecule has 5 heteroatoms. The third-order valence-corrected chi connectivity index (χ3v) is 5.37. The van der Waals surface area contributed by atoms with Gasteiger partial charge in [0.15, 0.2) is 0 Å². The van der Waals surface area contributed by atoms with Gasteiger partial charge in [0.25, 0.3) is 0 Å². The average Bonchev–Trinajstić information content (AvgIpc) is 2.69. The number of hydrogen-bond acceptors (Lipinski definition) is 3. The summed E-state index contributed by atoms with van der Waals surface area (Å²) in [6.07, 6.45) is 0. The van der Waals surface area contributed by atoms with Gasteiger partial charge in [0.05, 0.1) is 13.2 Å². The minimum Gasteiger partial charge on any atom is -0.379 e. The number of morpholine rings is 1. The number of nitrogens with one attached hydrogen (secondary N) is 1. The fraction of sp³-hybridized carbons (Fsp3) is 0.455. The predicted octanol–water partition coefficient (Wildman–Crippen LogP) is 5.34. The number of aryl methyl sites for hydroxylation is 1. The maximum absolute atomic E-state index is 5.31. The van der Waals surface area contributed by atoms with Crippen molar-refractivity contribution in [2.24, 2.45) is 0 Å². The van der Waals surface area contributed by atoms with Crippen molar-refractivity contribution in [3.8, 4) is 0 Å². The molecule has 0 amide bonds. The molecule has 1 fully saturated rings. The van der Waals surface area contributed by atoms with E-state index in [1.54, 1.807) is 0 Å². The van der Waals surface area contributed by atoms with Crippen LogP contribution in [0.1, 0.15) is 25.0 Å². The highest BCUT2D eigenvalue weighted by molar-refractivity contribution is 14.1. The molecule has 2 aromatic carbocycles. The maximum atomic E-state index is 5.31. The lowest BCUT2D eigenvalue weighted by atomic mass is 10.2. The van der Waals surface area contributed by atoms with Gasteiger partial charge in [-0.15, -0.1) is 0 Å². The first-order valence-corrected chi connectivity index (χ1v) is 11.7. The highest BCUT2D eigenvalue weighted by Gasteiger charge is 2.09. The highest BCUT2D eigenvalue weighted by atomic mass is 127. The summed E-state index contributed by atoms with van der Waals surface area (Å²) >= 11 is 4.63. The second kappa shape index (κ2) is 15.7. The maximum Gasteiger partial charge on any atom is 0.0594 e. The quantitative estimate of drug-likeness (QED) is 0.485. The van der Waals surface area contributed by atoms with E-state index in [1.165, 1.54) is 18.3 Å². The van der Waals surface area contributed by atoms with Gasteiger partial charge in [0, 0.05) is 26.8 Å². The third kappa shape index (κ3) is 12.8. The summed E-state index contributed by atoms with van der Waals surface area (Å²) in [7, 11) is 0. The Morgan fingerprint density at radius 2 is 1.33 bits per heavy atom. The molecule has 0 aromatic heterocycles. The lowest BCUT2D eigenvalue weighted by molar-refractivity contribution is 0.0342. The van der Waals surface area contributed by atoms with Crippen molar-refractivity contribution in [1.29, 1.82) is 0 Å². The van der Waals surface area contributed by atoms with E-state index in [-0.39, 0.29) is 0 Å². The second-order valence-corrected chi connectivity index (χ2v) is 8.76. The molecule has 150 valence electrons. The van der Waals surface area contributed by atoms with Crippen LogP contribution in [-0.4, -0.2) is 44.3 Å². The topological polar surface area (TPSA) is 24.5 Å². The summed E-state index contributed by atoms with van der Waals surface area (Å²) in [6.45, 7) is 13.4. The van der Waals surface area contributed by atoms with Crippen LogP contribution in [-0.2, 0) is 11.3 Å². The molecule has 1 aliphatic rings. The van der Waals surface area contributed by atoms with E-state index in [0.717, 1.165) is 45.9 Å². The molecule has 0 saturated carbocycles. The van der Waals surface area contributed by atoms with E-state index in [1.807, 2.05) is 0 Å². The van der Waals surface area contributed by atoms with Crippen molar-refractivity contribution in [2.45, 2.75) is 27.3 Å². The Balaban J connectivity index is 0.000000237. The zero-order chi connectivity index (χ0) is 19.9. The SMILES string of the molecule is CCNCC.Cc1ccc(I)cc1.Ic1ccc(CN2CCOCC2)cc1. The van der Waals surface area contributed by atoms with E-state index < -0.39 is 0 Å². The summed E-state index contributed by atoms with van der Waals surface area (Å²) in [4.78, 5) is 2.44. The Morgan fingerprint density at radius 3 is 1.74 bits per heavy atom. The van der Waals surface area contributed by atoms with E-state index in [9.17, 15) is 0 Å². The molecular weight excluding hydrogens is 562 g/mol. The molecular formula is C22H32I2N2O. The van der Waals surface area contributed by atoms with E-state index in [4.69, 9.17) is 4.74 Å². The van der Waals surface area contributed by atoms with Crippen LogP contribution in [0.2, 0.25) is 0 Å². The van der Waals surface area contributed by atoms with Gasteiger partial charge in [0.2, 0.25) is 0 Å². The summed E-state index contributed by atoms with van der Waals surface area (Å²) < 4.78 is 7.91. The van der Waals surface area contributed by atoms with Crippen LogP contribution >= 0.6 is 45.2 Å². The second-order valence-electron chi connectivity index (χ2n) is 6.27. The van der Waals surface area contributed by atoms with Crippen molar-refractivity contribution in [2.75, 3.05) is 39.4 Å². The van der Waals surface area contributed by atoms with Gasteiger partial charge in [-0.2, -0.15) is 0 Å². The van der Waals surface area contributed by atoms with Crippen molar-refractivity contribution in [3.63, 3.8) is 0 Å². The van der Waals surface area contributed by atoms with Gasteiger partial charge in [-0.3, -0.25) is 4.90 Å². The molecule has 0 spiro atoms. The van der Waals surface area contributed by atoms with E-state index >= 15 is 0 Å². The Labute approximate surface area is 192 Å². The summed E-state index contributed by atoms with van der Waals surface area (Å²) in [6, 6.07) is 17.2. The first-order valence-electron chi connectivity index (χ1n) is 9.52. The molecule has 3 rings (SSSR count). The zero-order valence-corrected chi connectivity index (χ0v) is 21.0. The van der Waals surface area contributed by atoms with Gasteiger partial charge >= 0.3 is 0 Å². The van der Waals surface area contributed by atoms with E-state index in [2.05, 4.69) is 125 Å². The zero-order valence-electron chi connectivity index (χ0n) is 16.7. The lowest BCUT2D eigenvalue weighted by Crippen LogP contribution is -2.35. The Bertz CT molecular complexity index is 574. The van der Waals surface area contributed by atoms with Gasteiger partial charge in [-0.1, -0.05) is 43.7 Å². The molecule has 0 atom stereocenters. The van der Waals surface area contributed by atoms with Crippen molar-refractivity contribution < 1.29 is 4.74 Å². The molecule has 0 radical (unpaired) electrons. The molecule has 27 heavy (non-hydrogen) atoms. The van der Waals surface area contributed by atoms with Gasteiger partial charge < -0.3 is 10.1 Å². The molecule has 0 unspecified atom stereocenters. The van der Waals surface area contributed by atoms with Crippen LogP contribution in [0.5, 0.6) is 0 Å². The largest absolute Gasteiger partial charge is 0.379 e. The van der Waals surface area contributed by atoms with Crippen molar-refractivity contribution in [3.05, 3.63) is 66.8 Å². The molecule has 2 aromatic rings. The van der Waals surface area contributed by atoms with Crippen LogP contribution in [0.25, 0.3) is 0 Å².